The van der Waals surface area contributed by atoms with E-state index >= 15 is 0 Å². The van der Waals surface area contributed by atoms with E-state index in [4.69, 9.17) is 9.26 Å². The van der Waals surface area contributed by atoms with Crippen LogP contribution in [0.15, 0.2) is 33.8 Å². The maximum Gasteiger partial charge on any atom is 0.194 e. The highest BCUT2D eigenvalue weighted by atomic mass is 127. The minimum Gasteiger partial charge on any atom is -0.494 e. The van der Waals surface area contributed by atoms with E-state index < -0.39 is 0 Å². The molecular formula is C21H31FIN5O2. The van der Waals surface area contributed by atoms with Gasteiger partial charge in [0, 0.05) is 45.8 Å². The second kappa shape index (κ2) is 11.5. The molecule has 0 unspecified atom stereocenters. The van der Waals surface area contributed by atoms with Gasteiger partial charge in [0.25, 0.3) is 0 Å². The molecule has 0 amide bonds. The third kappa shape index (κ3) is 6.31. The zero-order valence-corrected chi connectivity index (χ0v) is 20.4. The van der Waals surface area contributed by atoms with Crippen molar-refractivity contribution in [1.82, 2.24) is 20.3 Å². The van der Waals surface area contributed by atoms with E-state index in [-0.39, 0.29) is 35.5 Å². The number of aromatic nitrogens is 1. The summed E-state index contributed by atoms with van der Waals surface area (Å²) in [6.07, 6.45) is 0. The van der Waals surface area contributed by atoms with Crippen molar-refractivity contribution >= 4 is 29.9 Å². The molecule has 2 aromatic rings. The number of halogens is 2. The summed E-state index contributed by atoms with van der Waals surface area (Å²) >= 11 is 0. The first kappa shape index (κ1) is 24.4. The molecule has 1 aliphatic rings. The first-order valence-corrected chi connectivity index (χ1v) is 9.96. The number of benzene rings is 1. The van der Waals surface area contributed by atoms with Crippen molar-refractivity contribution in [3.63, 3.8) is 0 Å². The van der Waals surface area contributed by atoms with E-state index in [0.29, 0.717) is 12.5 Å². The fraction of sp³-hybridized carbons (Fsp3) is 0.524. The molecule has 0 spiro atoms. The quantitative estimate of drug-likeness (QED) is 0.350. The highest BCUT2D eigenvalue weighted by Gasteiger charge is 2.20. The van der Waals surface area contributed by atoms with Gasteiger partial charge in [-0.25, -0.2) is 4.39 Å². The lowest BCUT2D eigenvalue weighted by Crippen LogP contribution is -2.52. The van der Waals surface area contributed by atoms with Gasteiger partial charge in [0.05, 0.1) is 19.3 Å². The monoisotopic (exact) mass is 531 g/mol. The zero-order chi connectivity index (χ0) is 20.8. The van der Waals surface area contributed by atoms with Gasteiger partial charge in [-0.2, -0.15) is 0 Å². The van der Waals surface area contributed by atoms with E-state index in [1.54, 1.807) is 19.2 Å². The SMILES string of the molecule is CN=C(NCc1cc(C(C)C)no1)N1CCN(Cc2ccc(OC)c(F)c2)CC1.I. The summed E-state index contributed by atoms with van der Waals surface area (Å²) in [5.41, 5.74) is 1.91. The number of piperazine rings is 1. The third-order valence-corrected chi connectivity index (χ3v) is 5.10. The van der Waals surface area contributed by atoms with Gasteiger partial charge in [0.15, 0.2) is 23.3 Å². The van der Waals surface area contributed by atoms with Crippen LogP contribution in [0.4, 0.5) is 4.39 Å². The number of ether oxygens (including phenoxy) is 1. The van der Waals surface area contributed by atoms with Crippen LogP contribution in [0, 0.1) is 5.82 Å². The lowest BCUT2D eigenvalue weighted by atomic mass is 10.1. The van der Waals surface area contributed by atoms with Gasteiger partial charge in [-0.1, -0.05) is 25.1 Å². The largest absolute Gasteiger partial charge is 0.494 e. The molecule has 0 aliphatic carbocycles. The fourth-order valence-electron chi connectivity index (χ4n) is 3.37. The van der Waals surface area contributed by atoms with Crippen molar-refractivity contribution in [3.8, 4) is 5.75 Å². The number of nitrogens with one attached hydrogen (secondary N) is 1. The van der Waals surface area contributed by atoms with Crippen molar-refractivity contribution in [2.75, 3.05) is 40.3 Å². The summed E-state index contributed by atoms with van der Waals surface area (Å²) in [4.78, 5) is 8.94. The molecule has 1 aromatic carbocycles. The van der Waals surface area contributed by atoms with Gasteiger partial charge in [-0.3, -0.25) is 9.89 Å². The molecule has 30 heavy (non-hydrogen) atoms. The molecular weight excluding hydrogens is 500 g/mol. The van der Waals surface area contributed by atoms with Crippen LogP contribution in [0.3, 0.4) is 0 Å². The number of rotatable bonds is 6. The summed E-state index contributed by atoms with van der Waals surface area (Å²) in [5, 5.41) is 7.44. The molecule has 3 rings (SSSR count). The maximum atomic E-state index is 13.9. The molecule has 0 bridgehead atoms. The summed E-state index contributed by atoms with van der Waals surface area (Å²) in [5.74, 6) is 1.96. The highest BCUT2D eigenvalue weighted by molar-refractivity contribution is 14.0. The molecule has 0 saturated carbocycles. The Morgan fingerprint density at radius 3 is 2.57 bits per heavy atom. The number of aliphatic imine (C=N–C) groups is 1. The molecule has 1 aliphatic heterocycles. The molecule has 1 aromatic heterocycles. The lowest BCUT2D eigenvalue weighted by Gasteiger charge is -2.36. The third-order valence-electron chi connectivity index (χ3n) is 5.10. The standard InChI is InChI=1S/C21H30FN5O2.HI/c1-15(2)19-12-17(29-25-19)13-24-21(23-3)27-9-7-26(8-10-27)14-16-5-6-20(28-4)18(22)11-16;/h5-6,11-12,15H,7-10,13-14H2,1-4H3,(H,23,24);1H. The predicted octanol–water partition coefficient (Wildman–Crippen LogP) is 3.46. The smallest absolute Gasteiger partial charge is 0.194 e. The molecule has 166 valence electrons. The topological polar surface area (TPSA) is 66.1 Å². The Bertz CT molecular complexity index is 835. The molecule has 1 fully saturated rings. The number of guanidine groups is 1. The van der Waals surface area contributed by atoms with Gasteiger partial charge in [0.2, 0.25) is 0 Å². The van der Waals surface area contributed by atoms with Crippen LogP contribution in [0.2, 0.25) is 0 Å². The van der Waals surface area contributed by atoms with E-state index in [1.807, 2.05) is 12.1 Å². The number of hydrogen-bond donors (Lipinski definition) is 1. The Labute approximate surface area is 194 Å². The fourth-order valence-corrected chi connectivity index (χ4v) is 3.37. The van der Waals surface area contributed by atoms with Crippen LogP contribution < -0.4 is 10.1 Å². The number of hydrogen-bond acceptors (Lipinski definition) is 5. The average molecular weight is 531 g/mol. The highest BCUT2D eigenvalue weighted by Crippen LogP contribution is 2.19. The van der Waals surface area contributed by atoms with Crippen LogP contribution in [-0.4, -0.2) is 61.3 Å². The van der Waals surface area contributed by atoms with E-state index in [9.17, 15) is 4.39 Å². The summed E-state index contributed by atoms with van der Waals surface area (Å²) in [6.45, 7) is 8.93. The molecule has 2 heterocycles. The molecule has 1 saturated heterocycles. The Kier molecular flexibility index (Phi) is 9.35. The van der Waals surface area contributed by atoms with E-state index in [1.165, 1.54) is 7.11 Å². The van der Waals surface area contributed by atoms with Gasteiger partial charge in [0.1, 0.15) is 0 Å². The lowest BCUT2D eigenvalue weighted by molar-refractivity contribution is 0.172. The first-order chi connectivity index (χ1) is 14.0. The maximum absolute atomic E-state index is 13.9. The second-order valence-corrected chi connectivity index (χ2v) is 7.51. The second-order valence-electron chi connectivity index (χ2n) is 7.51. The summed E-state index contributed by atoms with van der Waals surface area (Å²) in [6, 6.07) is 7.13. The normalized spacial score (nSPS) is 15.3. The first-order valence-electron chi connectivity index (χ1n) is 9.96. The number of methoxy groups -OCH3 is 1. The minimum absolute atomic E-state index is 0. The Morgan fingerprint density at radius 2 is 2.00 bits per heavy atom. The van der Waals surface area contributed by atoms with E-state index in [0.717, 1.165) is 55.7 Å². The summed E-state index contributed by atoms with van der Waals surface area (Å²) in [7, 11) is 3.26. The van der Waals surface area contributed by atoms with Crippen LogP contribution in [0.1, 0.15) is 36.8 Å². The van der Waals surface area contributed by atoms with Crippen molar-refractivity contribution in [3.05, 3.63) is 47.1 Å². The van der Waals surface area contributed by atoms with Gasteiger partial charge >= 0.3 is 0 Å². The van der Waals surface area contributed by atoms with Crippen molar-refractivity contribution < 1.29 is 13.7 Å². The summed E-state index contributed by atoms with van der Waals surface area (Å²) < 4.78 is 24.3. The van der Waals surface area contributed by atoms with E-state index in [2.05, 4.69) is 39.1 Å². The minimum atomic E-state index is -0.318. The van der Waals surface area contributed by atoms with Crippen LogP contribution in [0.5, 0.6) is 5.75 Å². The van der Waals surface area contributed by atoms with Crippen LogP contribution in [-0.2, 0) is 13.1 Å². The average Bonchev–Trinajstić information content (AvgIpc) is 3.19. The van der Waals surface area contributed by atoms with Crippen molar-refractivity contribution in [2.45, 2.75) is 32.9 Å². The Morgan fingerprint density at radius 1 is 1.27 bits per heavy atom. The molecule has 9 heteroatoms. The van der Waals surface area contributed by atoms with Crippen LogP contribution >= 0.6 is 24.0 Å². The Hall–Kier alpha value is -1.88. The van der Waals surface area contributed by atoms with Gasteiger partial charge < -0.3 is 19.5 Å². The van der Waals surface area contributed by atoms with Gasteiger partial charge in [-0.05, 0) is 23.6 Å². The number of nitrogens with zero attached hydrogens (tertiary/aromatic N) is 4. The zero-order valence-electron chi connectivity index (χ0n) is 18.0. The molecule has 0 radical (unpaired) electrons. The van der Waals surface area contributed by atoms with Crippen molar-refractivity contribution in [1.29, 1.82) is 0 Å². The molecule has 1 N–H and O–H groups in total. The van der Waals surface area contributed by atoms with Gasteiger partial charge in [-0.15, -0.1) is 24.0 Å². The van der Waals surface area contributed by atoms with Crippen molar-refractivity contribution in [2.24, 2.45) is 4.99 Å². The van der Waals surface area contributed by atoms with Crippen LogP contribution in [0.25, 0.3) is 0 Å². The molecule has 0 atom stereocenters. The predicted molar refractivity (Wildman–Crippen MR) is 126 cm³/mol. The Balaban J connectivity index is 0.00000320. The molecule has 7 nitrogen and oxygen atoms in total.